The van der Waals surface area contributed by atoms with Gasteiger partial charge in [-0.25, -0.2) is 4.79 Å². The number of hydrogen-bond donors (Lipinski definition) is 1. The van der Waals surface area contributed by atoms with Crippen LogP contribution >= 0.6 is 0 Å². The Hall–Kier alpha value is -2.37. The minimum absolute atomic E-state index is 0.0176. The molecule has 0 radical (unpaired) electrons. The van der Waals surface area contributed by atoms with E-state index in [1.807, 2.05) is 4.90 Å². The van der Waals surface area contributed by atoms with Gasteiger partial charge in [0.2, 0.25) is 5.91 Å². The van der Waals surface area contributed by atoms with Gasteiger partial charge in [-0.3, -0.25) is 9.59 Å². The second kappa shape index (κ2) is 5.79. The second-order valence-corrected chi connectivity index (χ2v) is 5.74. The van der Waals surface area contributed by atoms with Gasteiger partial charge in [-0.1, -0.05) is 12.1 Å². The van der Waals surface area contributed by atoms with Gasteiger partial charge in [0.1, 0.15) is 0 Å². The zero-order valence-corrected chi connectivity index (χ0v) is 12.2. The number of hydrogen-bond acceptors (Lipinski definition) is 3. The standard InChI is InChI=1S/C16H18N2O4/c19-14(11-5-6-11)17-7-9-18(10-8-17)15(20)12-3-1-2-4-13(12)16(21)22/h1-4,11H,5-10H2,(H,21,22). The van der Waals surface area contributed by atoms with E-state index in [4.69, 9.17) is 0 Å². The average Bonchev–Trinajstić information content (AvgIpc) is 3.38. The van der Waals surface area contributed by atoms with Crippen molar-refractivity contribution >= 4 is 17.8 Å². The van der Waals surface area contributed by atoms with Gasteiger partial charge < -0.3 is 14.9 Å². The minimum Gasteiger partial charge on any atom is -0.478 e. The van der Waals surface area contributed by atoms with Crippen LogP contribution < -0.4 is 0 Å². The number of amides is 2. The van der Waals surface area contributed by atoms with Crippen molar-refractivity contribution in [3.8, 4) is 0 Å². The molecule has 0 atom stereocenters. The molecule has 0 bridgehead atoms. The van der Waals surface area contributed by atoms with Gasteiger partial charge >= 0.3 is 5.97 Å². The van der Waals surface area contributed by atoms with Crippen LogP contribution in [-0.2, 0) is 4.79 Å². The molecule has 116 valence electrons. The lowest BCUT2D eigenvalue weighted by molar-refractivity contribution is -0.134. The van der Waals surface area contributed by atoms with Crippen molar-refractivity contribution in [1.29, 1.82) is 0 Å². The van der Waals surface area contributed by atoms with Crippen LogP contribution in [0.25, 0.3) is 0 Å². The molecule has 6 nitrogen and oxygen atoms in total. The first-order valence-electron chi connectivity index (χ1n) is 7.48. The Morgan fingerprint density at radius 3 is 2.00 bits per heavy atom. The van der Waals surface area contributed by atoms with Crippen molar-refractivity contribution in [3.63, 3.8) is 0 Å². The average molecular weight is 302 g/mol. The predicted octanol–water partition coefficient (Wildman–Crippen LogP) is 1.08. The summed E-state index contributed by atoms with van der Waals surface area (Å²) < 4.78 is 0. The number of rotatable bonds is 3. The first-order chi connectivity index (χ1) is 10.6. The number of nitrogens with zero attached hydrogens (tertiary/aromatic N) is 2. The molecule has 6 heteroatoms. The highest BCUT2D eigenvalue weighted by Gasteiger charge is 2.35. The fourth-order valence-electron chi connectivity index (χ4n) is 2.74. The lowest BCUT2D eigenvalue weighted by Gasteiger charge is -2.35. The third-order valence-corrected chi connectivity index (χ3v) is 4.19. The molecule has 1 N–H and O–H groups in total. The zero-order chi connectivity index (χ0) is 15.7. The minimum atomic E-state index is -1.11. The normalized spacial score (nSPS) is 18.2. The summed E-state index contributed by atoms with van der Waals surface area (Å²) in [4.78, 5) is 39.1. The van der Waals surface area contributed by atoms with Crippen LogP contribution in [0.2, 0.25) is 0 Å². The number of carboxylic acid groups (broad SMARTS) is 1. The third-order valence-electron chi connectivity index (χ3n) is 4.19. The third kappa shape index (κ3) is 2.81. The maximum atomic E-state index is 12.5. The fraction of sp³-hybridized carbons (Fsp3) is 0.438. The van der Waals surface area contributed by atoms with E-state index >= 15 is 0 Å². The van der Waals surface area contributed by atoms with Crippen LogP contribution in [0, 0.1) is 5.92 Å². The molecule has 1 aromatic rings. The van der Waals surface area contributed by atoms with Gasteiger partial charge in [0, 0.05) is 32.1 Å². The molecule has 0 aromatic heterocycles. The van der Waals surface area contributed by atoms with E-state index in [1.165, 1.54) is 12.1 Å². The van der Waals surface area contributed by atoms with Gasteiger partial charge in [-0.05, 0) is 25.0 Å². The molecule has 2 aliphatic rings. The molecular formula is C16H18N2O4. The number of piperazine rings is 1. The summed E-state index contributed by atoms with van der Waals surface area (Å²) in [5.41, 5.74) is 0.223. The molecular weight excluding hydrogens is 284 g/mol. The Balaban J connectivity index is 1.67. The molecule has 1 aliphatic heterocycles. The predicted molar refractivity (Wildman–Crippen MR) is 78.6 cm³/mol. The van der Waals surface area contributed by atoms with Crippen molar-refractivity contribution in [1.82, 2.24) is 9.80 Å². The Morgan fingerprint density at radius 2 is 1.45 bits per heavy atom. The SMILES string of the molecule is O=C(O)c1ccccc1C(=O)N1CCN(C(=O)C2CC2)CC1. The number of carbonyl (C=O) groups is 3. The molecule has 1 aliphatic carbocycles. The van der Waals surface area contributed by atoms with Crippen molar-refractivity contribution in [2.45, 2.75) is 12.8 Å². The van der Waals surface area contributed by atoms with Gasteiger partial charge in [0.15, 0.2) is 0 Å². The van der Waals surface area contributed by atoms with Gasteiger partial charge in [-0.15, -0.1) is 0 Å². The number of aromatic carboxylic acids is 1. The van der Waals surface area contributed by atoms with Crippen LogP contribution in [0.15, 0.2) is 24.3 Å². The fourth-order valence-corrected chi connectivity index (χ4v) is 2.74. The number of benzene rings is 1. The molecule has 3 rings (SSSR count). The molecule has 1 saturated heterocycles. The lowest BCUT2D eigenvalue weighted by Crippen LogP contribution is -2.51. The number of carboxylic acids is 1. The lowest BCUT2D eigenvalue weighted by atomic mass is 10.1. The van der Waals surface area contributed by atoms with E-state index in [9.17, 15) is 19.5 Å². The van der Waals surface area contributed by atoms with Crippen LogP contribution in [-0.4, -0.2) is 58.9 Å². The van der Waals surface area contributed by atoms with Crippen LogP contribution in [0.3, 0.4) is 0 Å². The molecule has 0 spiro atoms. The first-order valence-corrected chi connectivity index (χ1v) is 7.48. The van der Waals surface area contributed by atoms with Crippen LogP contribution in [0.5, 0.6) is 0 Å². The van der Waals surface area contributed by atoms with E-state index in [-0.39, 0.29) is 28.9 Å². The summed E-state index contributed by atoms with van der Waals surface area (Å²) in [6.07, 6.45) is 1.95. The van der Waals surface area contributed by atoms with Gasteiger partial charge in [0.25, 0.3) is 5.91 Å². The summed E-state index contributed by atoms with van der Waals surface area (Å²) in [7, 11) is 0. The molecule has 0 unspecified atom stereocenters. The maximum Gasteiger partial charge on any atom is 0.336 e. The maximum absolute atomic E-state index is 12.5. The van der Waals surface area contributed by atoms with Crippen molar-refractivity contribution in [2.24, 2.45) is 5.92 Å². The van der Waals surface area contributed by atoms with Gasteiger partial charge in [-0.2, -0.15) is 0 Å². The monoisotopic (exact) mass is 302 g/mol. The van der Waals surface area contributed by atoms with Crippen molar-refractivity contribution < 1.29 is 19.5 Å². The molecule has 2 fully saturated rings. The highest BCUT2D eigenvalue weighted by Crippen LogP contribution is 2.31. The Kier molecular flexibility index (Phi) is 3.83. The van der Waals surface area contributed by atoms with E-state index < -0.39 is 5.97 Å². The number of carbonyl (C=O) groups excluding carboxylic acids is 2. The Bertz CT molecular complexity index is 616. The molecule has 2 amide bonds. The molecule has 1 aromatic carbocycles. The molecule has 1 saturated carbocycles. The van der Waals surface area contributed by atoms with Crippen molar-refractivity contribution in [3.05, 3.63) is 35.4 Å². The summed E-state index contributed by atoms with van der Waals surface area (Å²) >= 11 is 0. The van der Waals surface area contributed by atoms with Crippen molar-refractivity contribution in [2.75, 3.05) is 26.2 Å². The van der Waals surface area contributed by atoms with E-state index in [0.717, 1.165) is 12.8 Å². The highest BCUT2D eigenvalue weighted by atomic mass is 16.4. The Labute approximate surface area is 128 Å². The topological polar surface area (TPSA) is 77.9 Å². The smallest absolute Gasteiger partial charge is 0.336 e. The Morgan fingerprint density at radius 1 is 0.909 bits per heavy atom. The zero-order valence-electron chi connectivity index (χ0n) is 12.2. The summed E-state index contributed by atoms with van der Waals surface area (Å²) in [6, 6.07) is 6.23. The summed E-state index contributed by atoms with van der Waals surface area (Å²) in [5.74, 6) is -1.00. The van der Waals surface area contributed by atoms with Crippen LogP contribution in [0.1, 0.15) is 33.6 Å². The quantitative estimate of drug-likeness (QED) is 0.906. The highest BCUT2D eigenvalue weighted by molar-refractivity contribution is 6.04. The summed E-state index contributed by atoms with van der Waals surface area (Å²) in [6.45, 7) is 1.95. The van der Waals surface area contributed by atoms with E-state index in [2.05, 4.69) is 0 Å². The largest absolute Gasteiger partial charge is 0.478 e. The second-order valence-electron chi connectivity index (χ2n) is 5.74. The molecule has 22 heavy (non-hydrogen) atoms. The first kappa shape index (κ1) is 14.6. The summed E-state index contributed by atoms with van der Waals surface area (Å²) in [5, 5.41) is 9.17. The van der Waals surface area contributed by atoms with Crippen LogP contribution in [0.4, 0.5) is 0 Å². The van der Waals surface area contributed by atoms with E-state index in [1.54, 1.807) is 17.0 Å². The van der Waals surface area contributed by atoms with E-state index in [0.29, 0.717) is 26.2 Å². The van der Waals surface area contributed by atoms with Gasteiger partial charge in [0.05, 0.1) is 11.1 Å². The molecule has 1 heterocycles.